The lowest BCUT2D eigenvalue weighted by atomic mass is 10.1. The molecule has 1 fully saturated rings. The maximum absolute atomic E-state index is 11.0. The Kier molecular flexibility index (Phi) is 3.50. The van der Waals surface area contributed by atoms with Crippen LogP contribution in [0.25, 0.3) is 10.1 Å². The van der Waals surface area contributed by atoms with Gasteiger partial charge in [0.15, 0.2) is 0 Å². The average Bonchev–Trinajstić information content (AvgIpc) is 2.83. The highest BCUT2D eigenvalue weighted by Gasteiger charge is 2.12. The zero-order valence-electron chi connectivity index (χ0n) is 10.5. The monoisotopic (exact) mass is 277 g/mol. The Balaban J connectivity index is 1.82. The van der Waals surface area contributed by atoms with Crippen LogP contribution in [0.5, 0.6) is 0 Å². The number of carbonyl (C=O) groups is 1. The minimum absolute atomic E-state index is 0.401. The number of carboxylic acids is 1. The molecule has 0 atom stereocenters. The quantitative estimate of drug-likeness (QED) is 0.936. The predicted octanol–water partition coefficient (Wildman–Crippen LogP) is 2.43. The highest BCUT2D eigenvalue weighted by atomic mass is 32.1. The number of aromatic carboxylic acids is 1. The van der Waals surface area contributed by atoms with E-state index in [0.717, 1.165) is 42.9 Å². The summed E-state index contributed by atoms with van der Waals surface area (Å²) in [5.74, 6) is -0.851. The molecule has 1 aromatic heterocycles. The molecule has 0 unspecified atom stereocenters. The van der Waals surface area contributed by atoms with Crippen LogP contribution >= 0.6 is 11.3 Å². The fraction of sp³-hybridized carbons (Fsp3) is 0.357. The number of hydrogen-bond donors (Lipinski definition) is 1. The average molecular weight is 277 g/mol. The summed E-state index contributed by atoms with van der Waals surface area (Å²) in [5.41, 5.74) is 1.23. The van der Waals surface area contributed by atoms with Crippen molar-refractivity contribution >= 4 is 27.4 Å². The highest BCUT2D eigenvalue weighted by molar-refractivity contribution is 7.20. The molecule has 0 radical (unpaired) electrons. The van der Waals surface area contributed by atoms with Gasteiger partial charge in [-0.05, 0) is 23.1 Å². The molecule has 4 nitrogen and oxygen atoms in total. The summed E-state index contributed by atoms with van der Waals surface area (Å²) in [6, 6.07) is 7.92. The molecule has 1 aliphatic heterocycles. The zero-order valence-corrected chi connectivity index (χ0v) is 11.3. The van der Waals surface area contributed by atoms with Gasteiger partial charge in [0.05, 0.1) is 13.2 Å². The lowest BCUT2D eigenvalue weighted by molar-refractivity contribution is 0.0342. The van der Waals surface area contributed by atoms with E-state index in [1.54, 1.807) is 6.07 Å². The van der Waals surface area contributed by atoms with E-state index in [2.05, 4.69) is 17.0 Å². The van der Waals surface area contributed by atoms with Crippen molar-refractivity contribution < 1.29 is 14.6 Å². The van der Waals surface area contributed by atoms with Crippen LogP contribution in [0.4, 0.5) is 0 Å². The molecule has 0 spiro atoms. The summed E-state index contributed by atoms with van der Waals surface area (Å²) in [4.78, 5) is 13.7. The van der Waals surface area contributed by atoms with Gasteiger partial charge < -0.3 is 9.84 Å². The van der Waals surface area contributed by atoms with Gasteiger partial charge >= 0.3 is 5.97 Å². The van der Waals surface area contributed by atoms with E-state index in [4.69, 9.17) is 9.84 Å². The standard InChI is InChI=1S/C14H15NO3S/c16-14(17)13-8-11-2-1-10(7-12(11)19-13)9-15-3-5-18-6-4-15/h1-2,7-8H,3-6,9H2,(H,16,17). The molecule has 1 saturated heterocycles. The second-order valence-electron chi connectivity index (χ2n) is 4.68. The third-order valence-corrected chi connectivity index (χ3v) is 4.39. The Morgan fingerprint density at radius 2 is 2.11 bits per heavy atom. The molecule has 1 aromatic carbocycles. The first-order valence-corrected chi connectivity index (χ1v) is 7.10. The number of carboxylic acid groups (broad SMARTS) is 1. The first-order chi connectivity index (χ1) is 9.22. The molecule has 3 rings (SSSR count). The van der Waals surface area contributed by atoms with E-state index in [0.29, 0.717) is 4.88 Å². The summed E-state index contributed by atoms with van der Waals surface area (Å²) in [7, 11) is 0. The maximum atomic E-state index is 11.0. The molecule has 2 heterocycles. The van der Waals surface area contributed by atoms with Crippen LogP contribution in [0.15, 0.2) is 24.3 Å². The number of hydrogen-bond acceptors (Lipinski definition) is 4. The smallest absolute Gasteiger partial charge is 0.345 e. The molecule has 1 N–H and O–H groups in total. The van der Waals surface area contributed by atoms with E-state index >= 15 is 0 Å². The molecule has 2 aromatic rings. The second-order valence-corrected chi connectivity index (χ2v) is 5.76. The first-order valence-electron chi connectivity index (χ1n) is 6.28. The highest BCUT2D eigenvalue weighted by Crippen LogP contribution is 2.27. The van der Waals surface area contributed by atoms with Gasteiger partial charge in [0.25, 0.3) is 0 Å². The van der Waals surface area contributed by atoms with Crippen molar-refractivity contribution in [2.24, 2.45) is 0 Å². The van der Waals surface area contributed by atoms with Crippen molar-refractivity contribution in [3.8, 4) is 0 Å². The molecule has 1 aliphatic rings. The molecule has 5 heteroatoms. The van der Waals surface area contributed by atoms with Crippen molar-refractivity contribution in [3.05, 3.63) is 34.7 Å². The molecule has 100 valence electrons. The van der Waals surface area contributed by atoms with Crippen molar-refractivity contribution in [2.75, 3.05) is 26.3 Å². The predicted molar refractivity (Wildman–Crippen MR) is 74.9 cm³/mol. The Hall–Kier alpha value is -1.43. The zero-order chi connectivity index (χ0) is 13.2. The van der Waals surface area contributed by atoms with Crippen LogP contribution in [-0.4, -0.2) is 42.3 Å². The van der Waals surface area contributed by atoms with Gasteiger partial charge in [-0.25, -0.2) is 4.79 Å². The maximum Gasteiger partial charge on any atom is 0.345 e. The Morgan fingerprint density at radius 1 is 1.32 bits per heavy atom. The van der Waals surface area contributed by atoms with E-state index < -0.39 is 5.97 Å². The van der Waals surface area contributed by atoms with Gasteiger partial charge in [-0.15, -0.1) is 11.3 Å². The lowest BCUT2D eigenvalue weighted by Crippen LogP contribution is -2.35. The van der Waals surface area contributed by atoms with E-state index in [9.17, 15) is 4.79 Å². The largest absolute Gasteiger partial charge is 0.477 e. The van der Waals surface area contributed by atoms with Gasteiger partial charge in [-0.1, -0.05) is 12.1 Å². The fourth-order valence-corrected chi connectivity index (χ4v) is 3.26. The van der Waals surface area contributed by atoms with Crippen LogP contribution in [-0.2, 0) is 11.3 Å². The van der Waals surface area contributed by atoms with E-state index in [1.165, 1.54) is 16.9 Å². The summed E-state index contributed by atoms with van der Waals surface area (Å²) < 4.78 is 6.38. The van der Waals surface area contributed by atoms with Crippen LogP contribution in [0.3, 0.4) is 0 Å². The molecular weight excluding hydrogens is 262 g/mol. The van der Waals surface area contributed by atoms with Crippen molar-refractivity contribution in [3.63, 3.8) is 0 Å². The summed E-state index contributed by atoms with van der Waals surface area (Å²) in [6.07, 6.45) is 0. The van der Waals surface area contributed by atoms with Gasteiger partial charge in [-0.3, -0.25) is 4.90 Å². The SMILES string of the molecule is O=C(O)c1cc2ccc(CN3CCOCC3)cc2s1. The third-order valence-electron chi connectivity index (χ3n) is 3.31. The number of benzene rings is 1. The van der Waals surface area contributed by atoms with Crippen LogP contribution in [0, 0.1) is 0 Å². The number of nitrogens with zero attached hydrogens (tertiary/aromatic N) is 1. The minimum Gasteiger partial charge on any atom is -0.477 e. The lowest BCUT2D eigenvalue weighted by Gasteiger charge is -2.26. The van der Waals surface area contributed by atoms with Gasteiger partial charge in [0.2, 0.25) is 0 Å². The van der Waals surface area contributed by atoms with Crippen molar-refractivity contribution in [1.29, 1.82) is 0 Å². The number of morpholine rings is 1. The van der Waals surface area contributed by atoms with Crippen molar-refractivity contribution in [1.82, 2.24) is 4.90 Å². The summed E-state index contributed by atoms with van der Waals surface area (Å²) in [6.45, 7) is 4.42. The summed E-state index contributed by atoms with van der Waals surface area (Å²) >= 11 is 1.34. The first kappa shape index (κ1) is 12.6. The Labute approximate surface area is 115 Å². The molecular formula is C14H15NO3S. The van der Waals surface area contributed by atoms with E-state index in [1.807, 2.05) is 6.07 Å². The van der Waals surface area contributed by atoms with Gasteiger partial charge in [0.1, 0.15) is 4.88 Å². The molecule has 0 amide bonds. The van der Waals surface area contributed by atoms with Crippen LogP contribution < -0.4 is 0 Å². The second kappa shape index (κ2) is 5.28. The van der Waals surface area contributed by atoms with Crippen molar-refractivity contribution in [2.45, 2.75) is 6.54 Å². The topological polar surface area (TPSA) is 49.8 Å². The molecule has 0 aliphatic carbocycles. The van der Waals surface area contributed by atoms with Gasteiger partial charge in [0, 0.05) is 24.3 Å². The van der Waals surface area contributed by atoms with Crippen LogP contribution in [0.1, 0.15) is 15.2 Å². The molecule has 0 saturated carbocycles. The number of ether oxygens (including phenoxy) is 1. The van der Waals surface area contributed by atoms with E-state index in [-0.39, 0.29) is 0 Å². The third kappa shape index (κ3) is 2.78. The van der Waals surface area contributed by atoms with Gasteiger partial charge in [-0.2, -0.15) is 0 Å². The molecule has 19 heavy (non-hydrogen) atoms. The minimum atomic E-state index is -0.851. The Bertz CT molecular complexity index is 602. The number of thiophene rings is 1. The number of fused-ring (bicyclic) bond motifs is 1. The normalized spacial score (nSPS) is 16.8. The fourth-order valence-electron chi connectivity index (χ4n) is 2.30. The number of rotatable bonds is 3. The Morgan fingerprint density at radius 3 is 2.84 bits per heavy atom. The molecule has 0 bridgehead atoms. The summed E-state index contributed by atoms with van der Waals surface area (Å²) in [5, 5.41) is 10.0. The van der Waals surface area contributed by atoms with Crippen LogP contribution in [0.2, 0.25) is 0 Å².